The van der Waals surface area contributed by atoms with Gasteiger partial charge in [-0.3, -0.25) is 9.48 Å². The molecule has 7 nitrogen and oxygen atoms in total. The van der Waals surface area contributed by atoms with Crippen LogP contribution in [-0.4, -0.2) is 25.8 Å². The Balaban J connectivity index is 1.72. The fourth-order valence-corrected chi connectivity index (χ4v) is 3.36. The Labute approximate surface area is 170 Å². The first-order valence-electron chi connectivity index (χ1n) is 8.99. The number of benzene rings is 1. The SMILES string of the molecule is CCn1ncc(Cl)c1CNC(=O)c1cc(C)nc2onc(-c3ccc(F)cc3)c12. The summed E-state index contributed by atoms with van der Waals surface area (Å²) in [4.78, 5) is 17.3. The summed E-state index contributed by atoms with van der Waals surface area (Å²) in [6.07, 6.45) is 1.55. The lowest BCUT2D eigenvalue weighted by Crippen LogP contribution is -2.25. The molecule has 0 radical (unpaired) electrons. The highest BCUT2D eigenvalue weighted by Crippen LogP contribution is 2.30. The van der Waals surface area contributed by atoms with Gasteiger partial charge in [-0.1, -0.05) is 16.8 Å². The van der Waals surface area contributed by atoms with E-state index in [9.17, 15) is 9.18 Å². The number of hydrogen-bond donors (Lipinski definition) is 1. The van der Waals surface area contributed by atoms with Gasteiger partial charge in [0.2, 0.25) is 0 Å². The van der Waals surface area contributed by atoms with Gasteiger partial charge in [0, 0.05) is 17.8 Å². The number of pyridine rings is 1. The van der Waals surface area contributed by atoms with Crippen LogP contribution in [0.1, 0.15) is 28.7 Å². The molecule has 0 fully saturated rings. The molecule has 0 aliphatic heterocycles. The van der Waals surface area contributed by atoms with Crippen molar-refractivity contribution in [3.8, 4) is 11.3 Å². The van der Waals surface area contributed by atoms with Crippen LogP contribution in [0.4, 0.5) is 4.39 Å². The van der Waals surface area contributed by atoms with Gasteiger partial charge in [0.25, 0.3) is 11.6 Å². The number of amides is 1. The van der Waals surface area contributed by atoms with Crippen molar-refractivity contribution in [1.82, 2.24) is 25.2 Å². The van der Waals surface area contributed by atoms with E-state index < -0.39 is 0 Å². The lowest BCUT2D eigenvalue weighted by atomic mass is 10.0. The van der Waals surface area contributed by atoms with Crippen LogP contribution in [0.25, 0.3) is 22.4 Å². The molecule has 0 bridgehead atoms. The smallest absolute Gasteiger partial charge is 0.259 e. The number of rotatable bonds is 5. The van der Waals surface area contributed by atoms with Crippen molar-refractivity contribution in [2.24, 2.45) is 0 Å². The van der Waals surface area contributed by atoms with Crippen LogP contribution in [0.15, 0.2) is 41.1 Å². The van der Waals surface area contributed by atoms with E-state index in [2.05, 4.69) is 20.6 Å². The molecule has 1 aromatic carbocycles. The molecule has 0 saturated carbocycles. The molecule has 1 N–H and O–H groups in total. The van der Waals surface area contributed by atoms with Crippen molar-refractivity contribution in [2.45, 2.75) is 26.9 Å². The van der Waals surface area contributed by atoms with Gasteiger partial charge in [0.15, 0.2) is 0 Å². The van der Waals surface area contributed by atoms with E-state index in [1.165, 1.54) is 12.1 Å². The maximum atomic E-state index is 13.3. The molecule has 3 heterocycles. The Morgan fingerprint density at radius 2 is 2.07 bits per heavy atom. The second kappa shape index (κ2) is 7.63. The summed E-state index contributed by atoms with van der Waals surface area (Å²) >= 11 is 6.17. The Morgan fingerprint density at radius 1 is 1.31 bits per heavy atom. The summed E-state index contributed by atoms with van der Waals surface area (Å²) < 4.78 is 20.4. The van der Waals surface area contributed by atoms with Gasteiger partial charge in [0.1, 0.15) is 11.5 Å². The van der Waals surface area contributed by atoms with Crippen LogP contribution in [0.3, 0.4) is 0 Å². The third kappa shape index (κ3) is 3.58. The Hall–Kier alpha value is -3.26. The van der Waals surface area contributed by atoms with Crippen molar-refractivity contribution >= 4 is 28.6 Å². The number of aromatic nitrogens is 4. The number of nitrogens with zero attached hydrogens (tertiary/aromatic N) is 4. The highest BCUT2D eigenvalue weighted by Gasteiger charge is 2.21. The van der Waals surface area contributed by atoms with E-state index in [0.717, 1.165) is 0 Å². The number of nitrogens with one attached hydrogen (secondary N) is 1. The molecular weight excluding hydrogens is 397 g/mol. The molecule has 3 aromatic heterocycles. The molecule has 0 spiro atoms. The number of carbonyl (C=O) groups excluding carboxylic acids is 1. The maximum absolute atomic E-state index is 13.3. The summed E-state index contributed by atoms with van der Waals surface area (Å²) in [5.74, 6) is -0.690. The average molecular weight is 414 g/mol. The van der Waals surface area contributed by atoms with Crippen LogP contribution in [-0.2, 0) is 13.1 Å². The standard InChI is InChI=1S/C20H17ClFN5O2/c1-3-27-16(15(21)9-24-27)10-23-19(28)14-8-11(2)25-20-17(14)18(26-29-20)12-4-6-13(22)7-5-12/h4-9H,3,10H2,1-2H3,(H,23,28). The average Bonchev–Trinajstić information content (AvgIpc) is 3.29. The highest BCUT2D eigenvalue weighted by atomic mass is 35.5. The summed E-state index contributed by atoms with van der Waals surface area (Å²) in [7, 11) is 0. The van der Waals surface area contributed by atoms with Gasteiger partial charge < -0.3 is 9.84 Å². The minimum absolute atomic E-state index is 0.214. The monoisotopic (exact) mass is 413 g/mol. The van der Waals surface area contributed by atoms with E-state index in [0.29, 0.717) is 45.2 Å². The van der Waals surface area contributed by atoms with Crippen molar-refractivity contribution in [3.05, 3.63) is 64.3 Å². The number of hydrogen-bond acceptors (Lipinski definition) is 5. The lowest BCUT2D eigenvalue weighted by Gasteiger charge is -2.09. The summed E-state index contributed by atoms with van der Waals surface area (Å²) in [5.41, 5.74) is 2.99. The molecule has 0 atom stereocenters. The van der Waals surface area contributed by atoms with Gasteiger partial charge in [-0.15, -0.1) is 0 Å². The summed E-state index contributed by atoms with van der Waals surface area (Å²) in [6.45, 7) is 4.55. The number of halogens is 2. The van der Waals surface area contributed by atoms with Crippen molar-refractivity contribution in [3.63, 3.8) is 0 Å². The van der Waals surface area contributed by atoms with Crippen LogP contribution in [0, 0.1) is 12.7 Å². The van der Waals surface area contributed by atoms with Gasteiger partial charge >= 0.3 is 0 Å². The second-order valence-electron chi connectivity index (χ2n) is 6.47. The zero-order valence-electron chi connectivity index (χ0n) is 15.7. The van der Waals surface area contributed by atoms with Crippen LogP contribution >= 0.6 is 11.6 Å². The number of carbonyl (C=O) groups is 1. The fourth-order valence-electron chi connectivity index (χ4n) is 3.15. The molecule has 29 heavy (non-hydrogen) atoms. The third-order valence-corrected chi connectivity index (χ3v) is 4.87. The van der Waals surface area contributed by atoms with Crippen LogP contribution in [0.2, 0.25) is 5.02 Å². The Bertz CT molecular complexity index is 1200. The molecule has 4 aromatic rings. The first-order chi connectivity index (χ1) is 14.0. The van der Waals surface area contributed by atoms with Gasteiger partial charge in [-0.25, -0.2) is 9.37 Å². The van der Waals surface area contributed by atoms with Crippen molar-refractivity contribution in [1.29, 1.82) is 0 Å². The van der Waals surface area contributed by atoms with Gasteiger partial charge in [-0.2, -0.15) is 5.10 Å². The zero-order chi connectivity index (χ0) is 20.5. The van der Waals surface area contributed by atoms with Crippen LogP contribution in [0.5, 0.6) is 0 Å². The zero-order valence-corrected chi connectivity index (χ0v) is 16.5. The number of fused-ring (bicyclic) bond motifs is 1. The predicted octanol–water partition coefficient (Wildman–Crippen LogP) is 4.14. The second-order valence-corrected chi connectivity index (χ2v) is 6.87. The van der Waals surface area contributed by atoms with Crippen molar-refractivity contribution in [2.75, 3.05) is 0 Å². The van der Waals surface area contributed by atoms with Crippen molar-refractivity contribution < 1.29 is 13.7 Å². The Kier molecular flexibility index (Phi) is 5.02. The minimum Gasteiger partial charge on any atom is -0.346 e. The first kappa shape index (κ1) is 19.1. The molecule has 1 amide bonds. The summed E-state index contributed by atoms with van der Waals surface area (Å²) in [5, 5.41) is 12.1. The summed E-state index contributed by atoms with van der Waals surface area (Å²) in [6, 6.07) is 7.47. The van der Waals surface area contributed by atoms with E-state index in [-0.39, 0.29) is 24.0 Å². The van der Waals surface area contributed by atoms with E-state index in [1.54, 1.807) is 36.0 Å². The minimum atomic E-state index is -0.363. The topological polar surface area (TPSA) is 85.8 Å². The lowest BCUT2D eigenvalue weighted by molar-refractivity contribution is 0.0951. The molecule has 0 unspecified atom stereocenters. The van der Waals surface area contributed by atoms with Gasteiger partial charge in [0.05, 0.1) is 34.4 Å². The largest absolute Gasteiger partial charge is 0.346 e. The predicted molar refractivity (Wildman–Crippen MR) is 106 cm³/mol. The third-order valence-electron chi connectivity index (χ3n) is 4.55. The van der Waals surface area contributed by atoms with E-state index >= 15 is 0 Å². The van der Waals surface area contributed by atoms with Gasteiger partial charge in [-0.05, 0) is 44.2 Å². The maximum Gasteiger partial charge on any atom is 0.259 e. The molecule has 0 saturated heterocycles. The van der Waals surface area contributed by atoms with E-state index in [4.69, 9.17) is 16.1 Å². The molecular formula is C20H17ClFN5O2. The van der Waals surface area contributed by atoms with E-state index in [1.807, 2.05) is 6.92 Å². The molecule has 4 rings (SSSR count). The number of aryl methyl sites for hydroxylation is 2. The van der Waals surface area contributed by atoms with Crippen LogP contribution < -0.4 is 5.32 Å². The highest BCUT2D eigenvalue weighted by molar-refractivity contribution is 6.31. The normalized spacial score (nSPS) is 11.2. The fraction of sp³-hybridized carbons (Fsp3) is 0.200. The molecule has 0 aliphatic carbocycles. The Morgan fingerprint density at radius 3 is 2.79 bits per heavy atom. The quantitative estimate of drug-likeness (QED) is 0.531. The first-order valence-corrected chi connectivity index (χ1v) is 9.37. The molecule has 0 aliphatic rings. The molecule has 148 valence electrons. The molecule has 9 heteroatoms.